The second-order valence-corrected chi connectivity index (χ2v) is 7.53. The number of nitrogens with zero attached hydrogens (tertiary/aromatic N) is 3. The molecule has 4 nitrogen and oxygen atoms in total. The molecule has 3 aromatic carbocycles. The lowest BCUT2D eigenvalue weighted by Crippen LogP contribution is -2.03. The van der Waals surface area contributed by atoms with Crippen LogP contribution < -0.4 is 0 Å². The van der Waals surface area contributed by atoms with Crippen LogP contribution in [0.5, 0.6) is 0 Å². The third-order valence-corrected chi connectivity index (χ3v) is 5.20. The topological polar surface area (TPSA) is 43.9 Å². The van der Waals surface area contributed by atoms with Gasteiger partial charge in [-0.2, -0.15) is 5.10 Å². The first-order chi connectivity index (χ1) is 14.5. The molecule has 5 aromatic rings. The van der Waals surface area contributed by atoms with E-state index in [1.807, 2.05) is 41.9 Å². The highest BCUT2D eigenvalue weighted by atomic mass is 19.1. The summed E-state index contributed by atoms with van der Waals surface area (Å²) in [5, 5.41) is 4.70. The van der Waals surface area contributed by atoms with E-state index >= 15 is 0 Å². The van der Waals surface area contributed by atoms with Crippen molar-refractivity contribution in [3.8, 4) is 22.7 Å². The minimum absolute atomic E-state index is 0.261. The maximum Gasteiger partial charge on any atom is 0.248 e. The summed E-state index contributed by atoms with van der Waals surface area (Å²) in [6.45, 7) is 4.79. The molecule has 0 saturated heterocycles. The van der Waals surface area contributed by atoms with Gasteiger partial charge in [0.05, 0.1) is 6.54 Å². The van der Waals surface area contributed by atoms with Crippen LogP contribution >= 0.6 is 0 Å². The van der Waals surface area contributed by atoms with Crippen molar-refractivity contribution >= 4 is 11.1 Å². The number of benzene rings is 3. The predicted octanol–water partition coefficient (Wildman–Crippen LogP) is 6.16. The third kappa shape index (κ3) is 3.50. The molecule has 148 valence electrons. The standard InChI is InChI=1S/C25H20FN3O/c1-16-6-8-18(9-7-16)15-29-17(2)12-23(28-29)25-27-22-14-20(10-11-24(22)30-25)19-4-3-5-21(26)13-19/h3-14H,15H2,1-2H3. The van der Waals surface area contributed by atoms with E-state index < -0.39 is 0 Å². The molecule has 0 amide bonds. The molecule has 0 atom stereocenters. The monoisotopic (exact) mass is 397 g/mol. The molecule has 0 aliphatic rings. The second-order valence-electron chi connectivity index (χ2n) is 7.53. The molecular formula is C25H20FN3O. The van der Waals surface area contributed by atoms with Crippen molar-refractivity contribution in [3.63, 3.8) is 0 Å². The van der Waals surface area contributed by atoms with E-state index in [-0.39, 0.29) is 5.82 Å². The van der Waals surface area contributed by atoms with Crippen LogP contribution in [0.25, 0.3) is 33.8 Å². The molecular weight excluding hydrogens is 377 g/mol. The van der Waals surface area contributed by atoms with Gasteiger partial charge in [0, 0.05) is 5.69 Å². The zero-order valence-electron chi connectivity index (χ0n) is 16.8. The zero-order valence-corrected chi connectivity index (χ0v) is 16.8. The van der Waals surface area contributed by atoms with E-state index in [4.69, 9.17) is 9.52 Å². The Morgan fingerprint density at radius 1 is 0.900 bits per heavy atom. The molecule has 0 unspecified atom stereocenters. The van der Waals surface area contributed by atoms with Gasteiger partial charge in [0.1, 0.15) is 17.0 Å². The Labute approximate surface area is 173 Å². The van der Waals surface area contributed by atoms with Crippen LogP contribution in [0.15, 0.2) is 77.2 Å². The van der Waals surface area contributed by atoms with Gasteiger partial charge in [0.15, 0.2) is 5.58 Å². The fraction of sp³-hybridized carbons (Fsp3) is 0.120. The Bertz CT molecular complexity index is 1350. The summed E-state index contributed by atoms with van der Waals surface area (Å²) in [6, 6.07) is 22.6. The number of hydrogen-bond acceptors (Lipinski definition) is 3. The van der Waals surface area contributed by atoms with Gasteiger partial charge in [-0.25, -0.2) is 9.37 Å². The lowest BCUT2D eigenvalue weighted by Gasteiger charge is -2.04. The van der Waals surface area contributed by atoms with Crippen LogP contribution in [0.2, 0.25) is 0 Å². The molecule has 0 fully saturated rings. The Morgan fingerprint density at radius 3 is 2.50 bits per heavy atom. The van der Waals surface area contributed by atoms with E-state index in [0.717, 1.165) is 22.3 Å². The highest BCUT2D eigenvalue weighted by Gasteiger charge is 2.14. The van der Waals surface area contributed by atoms with E-state index in [2.05, 4.69) is 36.2 Å². The summed E-state index contributed by atoms with van der Waals surface area (Å²) < 4.78 is 21.5. The van der Waals surface area contributed by atoms with Crippen LogP contribution in [-0.2, 0) is 6.54 Å². The Kier molecular flexibility index (Phi) is 4.43. The van der Waals surface area contributed by atoms with E-state index in [1.165, 1.54) is 23.3 Å². The maximum atomic E-state index is 13.6. The Balaban J connectivity index is 1.47. The first-order valence-electron chi connectivity index (χ1n) is 9.82. The van der Waals surface area contributed by atoms with Crippen LogP contribution in [-0.4, -0.2) is 14.8 Å². The normalized spacial score (nSPS) is 11.3. The summed E-state index contributed by atoms with van der Waals surface area (Å²) >= 11 is 0. The first kappa shape index (κ1) is 18.3. The maximum absolute atomic E-state index is 13.6. The molecule has 0 radical (unpaired) electrons. The van der Waals surface area contributed by atoms with Gasteiger partial charge in [-0.15, -0.1) is 0 Å². The molecule has 0 spiro atoms. The van der Waals surface area contributed by atoms with E-state index in [9.17, 15) is 4.39 Å². The van der Waals surface area contributed by atoms with Gasteiger partial charge in [0.25, 0.3) is 0 Å². The van der Waals surface area contributed by atoms with Crippen molar-refractivity contribution in [2.45, 2.75) is 20.4 Å². The van der Waals surface area contributed by atoms with E-state index in [1.54, 1.807) is 6.07 Å². The molecule has 0 N–H and O–H groups in total. The van der Waals surface area contributed by atoms with Crippen molar-refractivity contribution in [2.24, 2.45) is 0 Å². The van der Waals surface area contributed by atoms with E-state index in [0.29, 0.717) is 23.7 Å². The highest BCUT2D eigenvalue weighted by molar-refractivity contribution is 5.82. The average Bonchev–Trinajstić information content (AvgIpc) is 3.32. The van der Waals surface area contributed by atoms with Crippen LogP contribution in [0.4, 0.5) is 4.39 Å². The van der Waals surface area contributed by atoms with Crippen LogP contribution in [0.1, 0.15) is 16.8 Å². The lowest BCUT2D eigenvalue weighted by atomic mass is 10.1. The zero-order chi connectivity index (χ0) is 20.7. The molecule has 2 aromatic heterocycles. The average molecular weight is 397 g/mol. The summed E-state index contributed by atoms with van der Waals surface area (Å²) in [7, 11) is 0. The van der Waals surface area contributed by atoms with Gasteiger partial charge < -0.3 is 4.42 Å². The molecule has 5 rings (SSSR count). The summed E-state index contributed by atoms with van der Waals surface area (Å²) in [5.74, 6) is 0.218. The van der Waals surface area contributed by atoms with Crippen LogP contribution in [0, 0.1) is 19.7 Å². The molecule has 30 heavy (non-hydrogen) atoms. The molecule has 0 aliphatic carbocycles. The van der Waals surface area contributed by atoms with Gasteiger partial charge >= 0.3 is 0 Å². The second kappa shape index (κ2) is 7.26. The SMILES string of the molecule is Cc1ccc(Cn2nc(-c3nc4cc(-c5cccc(F)c5)ccc4o3)cc2C)cc1. The van der Waals surface area contributed by atoms with Gasteiger partial charge in [-0.05, 0) is 60.9 Å². The first-order valence-corrected chi connectivity index (χ1v) is 9.82. The fourth-order valence-electron chi connectivity index (χ4n) is 3.53. The van der Waals surface area contributed by atoms with Gasteiger partial charge in [-0.1, -0.05) is 48.0 Å². The number of hydrogen-bond donors (Lipinski definition) is 0. The van der Waals surface area contributed by atoms with Gasteiger partial charge in [0.2, 0.25) is 5.89 Å². The van der Waals surface area contributed by atoms with Crippen LogP contribution in [0.3, 0.4) is 0 Å². The molecule has 5 heteroatoms. The third-order valence-electron chi connectivity index (χ3n) is 5.20. The smallest absolute Gasteiger partial charge is 0.248 e. The number of rotatable bonds is 4. The minimum atomic E-state index is -0.261. The number of oxazole rings is 1. The highest BCUT2D eigenvalue weighted by Crippen LogP contribution is 2.28. The van der Waals surface area contributed by atoms with Gasteiger partial charge in [-0.3, -0.25) is 4.68 Å². The summed E-state index contributed by atoms with van der Waals surface area (Å²) in [5.41, 5.74) is 7.25. The molecule has 0 aliphatic heterocycles. The number of halogens is 1. The fourth-order valence-corrected chi connectivity index (χ4v) is 3.53. The number of aromatic nitrogens is 3. The Hall–Kier alpha value is -3.73. The lowest BCUT2D eigenvalue weighted by molar-refractivity contribution is 0.608. The van der Waals surface area contributed by atoms with Crippen molar-refractivity contribution < 1.29 is 8.81 Å². The van der Waals surface area contributed by atoms with Crippen molar-refractivity contribution in [2.75, 3.05) is 0 Å². The molecule has 2 heterocycles. The Morgan fingerprint density at radius 2 is 1.70 bits per heavy atom. The minimum Gasteiger partial charge on any atom is -0.435 e. The number of aryl methyl sites for hydroxylation is 2. The van der Waals surface area contributed by atoms with Crippen molar-refractivity contribution in [1.29, 1.82) is 0 Å². The molecule has 0 saturated carbocycles. The quantitative estimate of drug-likeness (QED) is 0.365. The predicted molar refractivity (Wildman–Crippen MR) is 116 cm³/mol. The summed E-state index contributed by atoms with van der Waals surface area (Å²) in [6.07, 6.45) is 0. The largest absolute Gasteiger partial charge is 0.435 e. The van der Waals surface area contributed by atoms with Crippen molar-refractivity contribution in [3.05, 3.63) is 95.4 Å². The van der Waals surface area contributed by atoms with Crippen molar-refractivity contribution in [1.82, 2.24) is 14.8 Å². The summed E-state index contributed by atoms with van der Waals surface area (Å²) in [4.78, 5) is 4.63. The molecule has 0 bridgehead atoms. The number of fused-ring (bicyclic) bond motifs is 1.